The highest BCUT2D eigenvalue weighted by Crippen LogP contribution is 2.32. The lowest BCUT2D eigenvalue weighted by Crippen LogP contribution is -2.05. The van der Waals surface area contributed by atoms with Crippen molar-refractivity contribution < 1.29 is 0 Å². The van der Waals surface area contributed by atoms with Crippen LogP contribution in [-0.2, 0) is 18.6 Å². The number of fused-ring (bicyclic) bond motifs is 1. The number of hydrogen-bond donors (Lipinski definition) is 2. The predicted octanol–water partition coefficient (Wildman–Crippen LogP) is 3.18. The van der Waals surface area contributed by atoms with Crippen LogP contribution in [0.5, 0.6) is 0 Å². The van der Waals surface area contributed by atoms with Crippen molar-refractivity contribution in [3.05, 3.63) is 21.4 Å². The van der Waals surface area contributed by atoms with E-state index in [1.54, 1.807) is 10.4 Å². The molecule has 1 aliphatic carbocycles. The van der Waals surface area contributed by atoms with Gasteiger partial charge in [-0.25, -0.2) is 0 Å². The van der Waals surface area contributed by atoms with E-state index in [2.05, 4.69) is 5.38 Å². The van der Waals surface area contributed by atoms with Gasteiger partial charge in [0, 0.05) is 10.6 Å². The van der Waals surface area contributed by atoms with E-state index < -0.39 is 0 Å². The Kier molecular flexibility index (Phi) is 4.96. The van der Waals surface area contributed by atoms with Gasteiger partial charge in [0.1, 0.15) is 0 Å². The zero-order valence-corrected chi connectivity index (χ0v) is 10.9. The lowest BCUT2D eigenvalue weighted by atomic mass is 9.97. The normalized spacial score (nSPS) is 14.1. The second-order valence-corrected chi connectivity index (χ2v) is 5.50. The van der Waals surface area contributed by atoms with Gasteiger partial charge < -0.3 is 5.73 Å². The van der Waals surface area contributed by atoms with Crippen LogP contribution in [0.3, 0.4) is 0 Å². The molecule has 0 saturated carbocycles. The summed E-state index contributed by atoms with van der Waals surface area (Å²) in [5.41, 5.74) is 8.29. The van der Waals surface area contributed by atoms with Gasteiger partial charge in [-0.15, -0.1) is 23.7 Å². The van der Waals surface area contributed by atoms with Gasteiger partial charge in [-0.3, -0.25) is 5.41 Å². The fraction of sp³-hybridized carbons (Fsp3) is 0.500. The molecule has 0 aromatic carbocycles. The maximum absolute atomic E-state index is 7.18. The number of nitrogens with two attached hydrogens (primary N) is 1. The molecule has 2 nitrogen and oxygen atoms in total. The minimum Gasteiger partial charge on any atom is -0.379 e. The third kappa shape index (κ3) is 3.13. The Morgan fingerprint density at radius 3 is 2.93 bits per heavy atom. The Bertz CT molecular complexity index is 349. The van der Waals surface area contributed by atoms with Crippen molar-refractivity contribution in [2.45, 2.75) is 31.4 Å². The van der Waals surface area contributed by atoms with E-state index in [9.17, 15) is 0 Å². The molecule has 0 amide bonds. The number of thiophene rings is 1. The molecule has 0 atom stereocenters. The number of aryl methyl sites for hydroxylation is 1. The maximum Gasteiger partial charge on any atom is 0.151 e. The van der Waals surface area contributed by atoms with E-state index in [1.165, 1.54) is 43.0 Å². The molecule has 0 fully saturated rings. The first-order valence-corrected chi connectivity index (χ1v) is 6.69. The van der Waals surface area contributed by atoms with E-state index >= 15 is 0 Å². The van der Waals surface area contributed by atoms with Crippen LogP contribution in [0.25, 0.3) is 0 Å². The Hall–Kier alpha value is -0.190. The standard InChI is InChI=1S/C10H14N2S2.ClH/c11-10(12)14-6-7-5-13-9-4-2-1-3-8(7)9;/h5H,1-4,6H2,(H3,11,12);1H. The first kappa shape index (κ1) is 12.9. The number of thioether (sulfide) groups is 1. The van der Waals surface area contributed by atoms with Crippen LogP contribution in [0.1, 0.15) is 28.8 Å². The summed E-state index contributed by atoms with van der Waals surface area (Å²) in [6.07, 6.45) is 5.14. The molecule has 1 aromatic heterocycles. The van der Waals surface area contributed by atoms with Crippen molar-refractivity contribution in [2.24, 2.45) is 5.73 Å². The molecule has 0 aliphatic heterocycles. The van der Waals surface area contributed by atoms with Crippen LogP contribution in [0.4, 0.5) is 0 Å². The molecule has 1 aliphatic rings. The highest BCUT2D eigenvalue weighted by molar-refractivity contribution is 8.13. The fourth-order valence-corrected chi connectivity index (χ4v) is 3.66. The van der Waals surface area contributed by atoms with Crippen molar-refractivity contribution in [3.63, 3.8) is 0 Å². The highest BCUT2D eigenvalue weighted by Gasteiger charge is 2.15. The summed E-state index contributed by atoms with van der Waals surface area (Å²) in [5.74, 6) is 0.876. The summed E-state index contributed by atoms with van der Waals surface area (Å²) in [6, 6.07) is 0. The Morgan fingerprint density at radius 1 is 1.47 bits per heavy atom. The molecule has 1 heterocycles. The summed E-state index contributed by atoms with van der Waals surface area (Å²) >= 11 is 3.31. The Balaban J connectivity index is 0.00000112. The summed E-state index contributed by atoms with van der Waals surface area (Å²) in [6.45, 7) is 0. The quantitative estimate of drug-likeness (QED) is 0.635. The molecular weight excluding hydrogens is 248 g/mol. The average Bonchev–Trinajstić information content (AvgIpc) is 2.58. The smallest absolute Gasteiger partial charge is 0.151 e. The number of hydrogen-bond acceptors (Lipinski definition) is 3. The first-order chi connectivity index (χ1) is 6.77. The van der Waals surface area contributed by atoms with Crippen LogP contribution >= 0.6 is 35.5 Å². The molecule has 84 valence electrons. The van der Waals surface area contributed by atoms with E-state index in [1.807, 2.05) is 11.3 Å². The van der Waals surface area contributed by atoms with Crippen molar-refractivity contribution >= 4 is 40.7 Å². The molecule has 0 spiro atoms. The first-order valence-electron chi connectivity index (χ1n) is 4.82. The number of amidine groups is 1. The molecule has 15 heavy (non-hydrogen) atoms. The zero-order valence-electron chi connectivity index (χ0n) is 8.41. The van der Waals surface area contributed by atoms with Gasteiger partial charge >= 0.3 is 0 Å². The van der Waals surface area contributed by atoms with Gasteiger partial charge in [-0.1, -0.05) is 11.8 Å². The summed E-state index contributed by atoms with van der Waals surface area (Å²) in [7, 11) is 0. The second kappa shape index (κ2) is 5.77. The van der Waals surface area contributed by atoms with Gasteiger partial charge in [0.25, 0.3) is 0 Å². The number of nitrogens with one attached hydrogen (secondary N) is 1. The molecule has 5 heteroatoms. The number of halogens is 1. The molecule has 2 rings (SSSR count). The van der Waals surface area contributed by atoms with Crippen molar-refractivity contribution in [1.82, 2.24) is 0 Å². The van der Waals surface area contributed by atoms with E-state index in [-0.39, 0.29) is 17.6 Å². The van der Waals surface area contributed by atoms with Crippen LogP contribution in [0.2, 0.25) is 0 Å². The average molecular weight is 263 g/mol. The predicted molar refractivity (Wildman–Crippen MR) is 71.4 cm³/mol. The topological polar surface area (TPSA) is 49.9 Å². The van der Waals surface area contributed by atoms with E-state index in [4.69, 9.17) is 11.1 Å². The maximum atomic E-state index is 7.18. The zero-order chi connectivity index (χ0) is 9.97. The lowest BCUT2D eigenvalue weighted by molar-refractivity contribution is 0.693. The molecule has 0 bridgehead atoms. The molecule has 0 radical (unpaired) electrons. The molecule has 3 N–H and O–H groups in total. The van der Waals surface area contributed by atoms with Crippen molar-refractivity contribution in [3.8, 4) is 0 Å². The Labute approximate surface area is 105 Å². The molecule has 1 aromatic rings. The second-order valence-electron chi connectivity index (χ2n) is 3.52. The lowest BCUT2D eigenvalue weighted by Gasteiger charge is -2.12. The van der Waals surface area contributed by atoms with Crippen LogP contribution < -0.4 is 5.73 Å². The van der Waals surface area contributed by atoms with Crippen molar-refractivity contribution in [1.29, 1.82) is 5.41 Å². The molecular formula is C10H15ClN2S2. The number of rotatable bonds is 2. The highest BCUT2D eigenvalue weighted by atomic mass is 35.5. The van der Waals surface area contributed by atoms with Gasteiger partial charge in [0.05, 0.1) is 0 Å². The Morgan fingerprint density at radius 2 is 2.20 bits per heavy atom. The van der Waals surface area contributed by atoms with Gasteiger partial charge in [0.2, 0.25) is 0 Å². The van der Waals surface area contributed by atoms with E-state index in [0.717, 1.165) is 5.75 Å². The fourth-order valence-electron chi connectivity index (χ4n) is 1.84. The summed E-state index contributed by atoms with van der Waals surface area (Å²) in [4.78, 5) is 1.57. The monoisotopic (exact) mass is 262 g/mol. The van der Waals surface area contributed by atoms with Crippen LogP contribution in [0, 0.1) is 5.41 Å². The summed E-state index contributed by atoms with van der Waals surface area (Å²) in [5, 5.41) is 9.65. The van der Waals surface area contributed by atoms with Crippen molar-refractivity contribution in [2.75, 3.05) is 0 Å². The van der Waals surface area contributed by atoms with Gasteiger partial charge in [-0.2, -0.15) is 0 Å². The molecule has 0 unspecified atom stereocenters. The summed E-state index contributed by atoms with van der Waals surface area (Å²) < 4.78 is 0. The minimum atomic E-state index is 0. The van der Waals surface area contributed by atoms with Crippen LogP contribution in [0.15, 0.2) is 5.38 Å². The molecule has 0 saturated heterocycles. The SMILES string of the molecule is Cl.N=C(N)SCc1csc2c1CCCC2. The van der Waals surface area contributed by atoms with Gasteiger partial charge in [-0.05, 0) is 42.2 Å². The van der Waals surface area contributed by atoms with Crippen LogP contribution in [-0.4, -0.2) is 5.17 Å². The van der Waals surface area contributed by atoms with Gasteiger partial charge in [0.15, 0.2) is 5.17 Å². The third-order valence-electron chi connectivity index (χ3n) is 2.53. The van der Waals surface area contributed by atoms with E-state index in [0.29, 0.717) is 0 Å². The third-order valence-corrected chi connectivity index (χ3v) is 4.44. The minimum absolute atomic E-state index is 0. The largest absolute Gasteiger partial charge is 0.379 e.